The minimum Gasteiger partial charge on any atom is -0.354 e. The number of hydrogen-bond donors (Lipinski definition) is 1. The largest absolute Gasteiger partial charge is 0.354 e. The number of halogens is 2. The monoisotopic (exact) mass is 472 g/mol. The standard InChI is InChI=1S/C24H26ClFN4OS/c1-17-20(4-2-5-21(17)25)24(31)27-14-22-23(28-16-32-22)30-11-3-10-29(12-13-30)15-18-6-8-19(26)9-7-18/h2,4-9,16H,3,10-15H2,1H3,(H,27,31). The van der Waals surface area contributed by atoms with E-state index in [2.05, 4.69) is 20.1 Å². The molecular formula is C24H26ClFN4OS. The van der Waals surface area contributed by atoms with Gasteiger partial charge in [0.1, 0.15) is 11.6 Å². The second kappa shape index (κ2) is 10.4. The van der Waals surface area contributed by atoms with Crippen LogP contribution in [0.5, 0.6) is 0 Å². The van der Waals surface area contributed by atoms with Crippen LogP contribution in [0.4, 0.5) is 10.2 Å². The van der Waals surface area contributed by atoms with E-state index in [0.717, 1.165) is 61.0 Å². The van der Waals surface area contributed by atoms with Crippen LogP contribution >= 0.6 is 22.9 Å². The molecule has 0 atom stereocenters. The topological polar surface area (TPSA) is 48.5 Å². The molecule has 32 heavy (non-hydrogen) atoms. The molecule has 1 aliphatic heterocycles. The number of aromatic nitrogens is 1. The molecule has 0 radical (unpaired) electrons. The Morgan fingerprint density at radius 2 is 1.97 bits per heavy atom. The van der Waals surface area contributed by atoms with Crippen LogP contribution in [0.25, 0.3) is 0 Å². The minimum atomic E-state index is -0.204. The molecular weight excluding hydrogens is 447 g/mol. The summed E-state index contributed by atoms with van der Waals surface area (Å²) in [6, 6.07) is 12.1. The summed E-state index contributed by atoms with van der Waals surface area (Å²) in [6.45, 7) is 6.76. The van der Waals surface area contributed by atoms with Crippen molar-refractivity contribution in [3.8, 4) is 0 Å². The first kappa shape index (κ1) is 22.7. The normalized spacial score (nSPS) is 14.9. The van der Waals surface area contributed by atoms with E-state index in [1.165, 1.54) is 12.1 Å². The third-order valence-electron chi connectivity index (χ3n) is 5.75. The summed E-state index contributed by atoms with van der Waals surface area (Å²) in [6.07, 6.45) is 1.02. The Morgan fingerprint density at radius 3 is 2.78 bits per heavy atom. The maximum absolute atomic E-state index is 13.2. The van der Waals surface area contributed by atoms with Crippen LogP contribution in [0, 0.1) is 12.7 Å². The van der Waals surface area contributed by atoms with Crippen LogP contribution in [0.1, 0.15) is 32.8 Å². The van der Waals surface area contributed by atoms with Crippen LogP contribution < -0.4 is 10.2 Å². The lowest BCUT2D eigenvalue weighted by molar-refractivity contribution is 0.0950. The minimum absolute atomic E-state index is 0.134. The van der Waals surface area contributed by atoms with Crippen molar-refractivity contribution in [1.82, 2.24) is 15.2 Å². The van der Waals surface area contributed by atoms with Gasteiger partial charge in [0.15, 0.2) is 0 Å². The Kier molecular flexibility index (Phi) is 7.40. The van der Waals surface area contributed by atoms with Gasteiger partial charge in [0.25, 0.3) is 5.91 Å². The smallest absolute Gasteiger partial charge is 0.251 e. The molecule has 4 rings (SSSR count). The lowest BCUT2D eigenvalue weighted by atomic mass is 10.1. The number of nitrogens with one attached hydrogen (secondary N) is 1. The zero-order chi connectivity index (χ0) is 22.5. The first-order valence-corrected chi connectivity index (χ1v) is 11.9. The first-order chi connectivity index (χ1) is 15.5. The van der Waals surface area contributed by atoms with Crippen molar-refractivity contribution in [3.05, 3.63) is 80.4 Å². The summed E-state index contributed by atoms with van der Waals surface area (Å²) in [4.78, 5) is 23.0. The van der Waals surface area contributed by atoms with Crippen molar-refractivity contribution < 1.29 is 9.18 Å². The van der Waals surface area contributed by atoms with Gasteiger partial charge in [-0.15, -0.1) is 11.3 Å². The summed E-state index contributed by atoms with van der Waals surface area (Å²) in [7, 11) is 0. The molecule has 0 bridgehead atoms. The second-order valence-electron chi connectivity index (χ2n) is 7.94. The Balaban J connectivity index is 1.36. The number of rotatable bonds is 6. The molecule has 168 valence electrons. The predicted octanol–water partition coefficient (Wildman–Crippen LogP) is 4.89. The van der Waals surface area contributed by atoms with Crippen molar-refractivity contribution in [1.29, 1.82) is 0 Å². The maximum Gasteiger partial charge on any atom is 0.251 e. The van der Waals surface area contributed by atoms with Crippen molar-refractivity contribution in [2.75, 3.05) is 31.1 Å². The van der Waals surface area contributed by atoms with E-state index in [9.17, 15) is 9.18 Å². The molecule has 3 aromatic rings. The van der Waals surface area contributed by atoms with E-state index in [4.69, 9.17) is 11.6 Å². The van der Waals surface area contributed by atoms with Gasteiger partial charge in [-0.3, -0.25) is 9.69 Å². The summed E-state index contributed by atoms with van der Waals surface area (Å²) in [5.41, 5.74) is 4.33. The molecule has 1 N–H and O–H groups in total. The van der Waals surface area contributed by atoms with Gasteiger partial charge < -0.3 is 10.2 Å². The van der Waals surface area contributed by atoms with Crippen LogP contribution in [0.2, 0.25) is 5.02 Å². The molecule has 2 aromatic carbocycles. The number of hydrogen-bond acceptors (Lipinski definition) is 5. The Morgan fingerprint density at radius 1 is 1.16 bits per heavy atom. The fourth-order valence-electron chi connectivity index (χ4n) is 3.94. The molecule has 1 aromatic heterocycles. The highest BCUT2D eigenvalue weighted by Crippen LogP contribution is 2.25. The van der Waals surface area contributed by atoms with Crippen molar-refractivity contribution in [2.45, 2.75) is 26.4 Å². The van der Waals surface area contributed by atoms with Crippen LogP contribution in [0.3, 0.4) is 0 Å². The van der Waals surface area contributed by atoms with E-state index in [0.29, 0.717) is 17.1 Å². The maximum atomic E-state index is 13.2. The fraction of sp³-hybridized carbons (Fsp3) is 0.333. The average molecular weight is 473 g/mol. The SMILES string of the molecule is Cc1c(Cl)cccc1C(=O)NCc1scnc1N1CCCN(Cc2ccc(F)cc2)CC1. The highest BCUT2D eigenvalue weighted by atomic mass is 35.5. The molecule has 2 heterocycles. The molecule has 1 fully saturated rings. The molecule has 1 saturated heterocycles. The Labute approximate surface area is 196 Å². The van der Waals surface area contributed by atoms with Gasteiger partial charge in [-0.25, -0.2) is 9.37 Å². The highest BCUT2D eigenvalue weighted by Gasteiger charge is 2.20. The molecule has 0 unspecified atom stereocenters. The van der Waals surface area contributed by atoms with Crippen LogP contribution in [-0.2, 0) is 13.1 Å². The molecule has 0 saturated carbocycles. The van der Waals surface area contributed by atoms with Gasteiger partial charge in [-0.2, -0.15) is 0 Å². The Bertz CT molecular complexity index is 1070. The third-order valence-corrected chi connectivity index (χ3v) is 6.98. The molecule has 1 amide bonds. The van der Waals surface area contributed by atoms with Gasteiger partial charge >= 0.3 is 0 Å². The predicted molar refractivity (Wildman–Crippen MR) is 128 cm³/mol. The van der Waals surface area contributed by atoms with Gasteiger partial charge in [0, 0.05) is 43.3 Å². The van der Waals surface area contributed by atoms with E-state index in [-0.39, 0.29) is 11.7 Å². The van der Waals surface area contributed by atoms with E-state index in [1.807, 2.05) is 24.6 Å². The third kappa shape index (κ3) is 5.46. The summed E-state index contributed by atoms with van der Waals surface area (Å²) >= 11 is 7.71. The molecule has 5 nitrogen and oxygen atoms in total. The summed E-state index contributed by atoms with van der Waals surface area (Å²) in [5, 5.41) is 3.60. The molecule has 0 spiro atoms. The lowest BCUT2D eigenvalue weighted by Crippen LogP contribution is -2.31. The van der Waals surface area contributed by atoms with Crippen LogP contribution in [-0.4, -0.2) is 42.0 Å². The van der Waals surface area contributed by atoms with Gasteiger partial charge in [0.05, 0.1) is 16.9 Å². The molecule has 1 aliphatic rings. The van der Waals surface area contributed by atoms with Gasteiger partial charge in [-0.1, -0.05) is 29.8 Å². The number of carbonyl (C=O) groups is 1. The van der Waals surface area contributed by atoms with E-state index < -0.39 is 0 Å². The zero-order valence-electron chi connectivity index (χ0n) is 18.0. The number of amides is 1. The van der Waals surface area contributed by atoms with Crippen molar-refractivity contribution in [2.24, 2.45) is 0 Å². The number of anilines is 1. The Hall–Kier alpha value is -2.48. The number of carbonyl (C=O) groups excluding carboxylic acids is 1. The van der Waals surface area contributed by atoms with E-state index >= 15 is 0 Å². The van der Waals surface area contributed by atoms with E-state index in [1.54, 1.807) is 29.5 Å². The summed E-state index contributed by atoms with van der Waals surface area (Å²) in [5.74, 6) is 0.608. The molecule has 0 aliphatic carbocycles. The first-order valence-electron chi connectivity index (χ1n) is 10.7. The second-order valence-corrected chi connectivity index (χ2v) is 9.28. The molecule has 8 heteroatoms. The van der Waals surface area contributed by atoms with Crippen molar-refractivity contribution >= 4 is 34.7 Å². The number of benzene rings is 2. The van der Waals surface area contributed by atoms with Gasteiger partial charge in [0.2, 0.25) is 0 Å². The lowest BCUT2D eigenvalue weighted by Gasteiger charge is -2.23. The number of nitrogens with zero attached hydrogens (tertiary/aromatic N) is 3. The highest BCUT2D eigenvalue weighted by molar-refractivity contribution is 7.10. The number of thiazole rings is 1. The average Bonchev–Trinajstić information content (AvgIpc) is 3.14. The summed E-state index contributed by atoms with van der Waals surface area (Å²) < 4.78 is 13.2. The van der Waals surface area contributed by atoms with Gasteiger partial charge in [-0.05, 0) is 48.7 Å². The van der Waals surface area contributed by atoms with Crippen LogP contribution in [0.15, 0.2) is 48.0 Å². The quantitative estimate of drug-likeness (QED) is 0.555. The zero-order valence-corrected chi connectivity index (χ0v) is 19.6. The fourth-order valence-corrected chi connectivity index (χ4v) is 4.84. The van der Waals surface area contributed by atoms with Crippen molar-refractivity contribution in [3.63, 3.8) is 0 Å².